The molecule has 0 spiro atoms. The van der Waals surface area contributed by atoms with E-state index in [0.29, 0.717) is 0 Å². The number of rotatable bonds is 6. The third-order valence-electron chi connectivity index (χ3n) is 12.6. The summed E-state index contributed by atoms with van der Waals surface area (Å²) in [6, 6.07) is 0. The second kappa shape index (κ2) is 13.1. The summed E-state index contributed by atoms with van der Waals surface area (Å²) in [5.41, 5.74) is -13.8. The molecule has 6 rings (SSSR count). The summed E-state index contributed by atoms with van der Waals surface area (Å²) in [6.45, 7) is 12.0. The third kappa shape index (κ3) is 5.09. The third-order valence-corrected chi connectivity index (χ3v) is 12.6. The highest BCUT2D eigenvalue weighted by atomic mass is 16.7. The van der Waals surface area contributed by atoms with Crippen molar-refractivity contribution in [1.82, 2.24) is 0 Å². The van der Waals surface area contributed by atoms with Crippen LogP contribution in [0.1, 0.15) is 62.3 Å². The molecule has 0 aromatic carbocycles. The highest BCUT2D eigenvalue weighted by Crippen LogP contribution is 2.67. The van der Waals surface area contributed by atoms with Crippen LogP contribution in [0.4, 0.5) is 0 Å². The van der Waals surface area contributed by atoms with Crippen molar-refractivity contribution in [3.05, 3.63) is 106 Å². The van der Waals surface area contributed by atoms with Gasteiger partial charge in [-0.05, 0) is 79.5 Å². The van der Waals surface area contributed by atoms with Gasteiger partial charge in [0.2, 0.25) is 11.6 Å². The van der Waals surface area contributed by atoms with Crippen LogP contribution in [-0.2, 0) is 28.7 Å². The van der Waals surface area contributed by atoms with Crippen LogP contribution < -0.4 is 0 Å². The Hall–Kier alpha value is -4.95. The Bertz CT molecular complexity index is 2100. The second-order valence-electron chi connectivity index (χ2n) is 15.9. The summed E-state index contributed by atoms with van der Waals surface area (Å²) in [4.78, 5) is 70.1. The molecule has 5 aliphatic carbocycles. The number of aliphatic hydroxyl groups excluding tert-OH is 4. The fourth-order valence-corrected chi connectivity index (χ4v) is 9.83. The summed E-state index contributed by atoms with van der Waals surface area (Å²) in [7, 11) is 0. The molecule has 1 aliphatic heterocycles. The lowest BCUT2D eigenvalue weighted by Gasteiger charge is -2.57. The number of allylic oxidation sites excluding steroid dienone is 11. The molecule has 0 radical (unpaired) electrons. The molecule has 0 amide bonds. The van der Waals surface area contributed by atoms with Gasteiger partial charge in [-0.1, -0.05) is 49.5 Å². The lowest BCUT2D eigenvalue weighted by molar-refractivity contribution is -0.313. The van der Waals surface area contributed by atoms with E-state index in [-0.39, 0.29) is 11.1 Å². The number of carbonyl (C=O) groups is 5. The van der Waals surface area contributed by atoms with E-state index in [1.54, 1.807) is 39.0 Å². The van der Waals surface area contributed by atoms with E-state index in [0.717, 1.165) is 26.0 Å². The Labute approximate surface area is 318 Å². The molecule has 5 fully saturated rings. The number of carbonyl (C=O) groups excluding carboxylic acids is 5. The summed E-state index contributed by atoms with van der Waals surface area (Å²) in [6.07, 6.45) is 13.9. The first kappa shape index (κ1) is 41.2. The molecule has 55 heavy (non-hydrogen) atoms. The number of ether oxygens (including phenoxy) is 1. The van der Waals surface area contributed by atoms with Gasteiger partial charge in [-0.2, -0.15) is 0 Å². The SMILES string of the molecule is C/C=C/C=C/C(O)=C1/C(=O)[C@]2(C)C(=O)[C@@](C)(O)[C@H]1[C@H](C)[C@H]2/C=C/C(O)=C1\C(O)=C(C)C(=O)[C@@]2(C)O[C@@]3(O)[C@@](C)(O)C(=O)\C(=C(O)/C=C/C=C/C)C(=O)[C@@]3(C)[C@@H]12. The minimum Gasteiger partial charge on any atom is -0.508 e. The first-order chi connectivity index (χ1) is 25.3. The zero-order valence-electron chi connectivity index (χ0n) is 32.2. The average Bonchev–Trinajstić information content (AvgIpc) is 3.31. The zero-order chi connectivity index (χ0) is 41.6. The van der Waals surface area contributed by atoms with Crippen LogP contribution in [0.3, 0.4) is 0 Å². The first-order valence-electron chi connectivity index (χ1n) is 17.9. The van der Waals surface area contributed by atoms with E-state index >= 15 is 0 Å². The van der Waals surface area contributed by atoms with Crippen molar-refractivity contribution in [2.24, 2.45) is 34.5 Å². The highest BCUT2D eigenvalue weighted by Gasteiger charge is 2.83. The molecule has 0 aromatic rings. The summed E-state index contributed by atoms with van der Waals surface area (Å²) in [5.74, 6) is -16.0. The average molecular weight is 761 g/mol. The van der Waals surface area contributed by atoms with E-state index in [1.807, 2.05) is 0 Å². The maximum atomic E-state index is 14.5. The molecular weight excluding hydrogens is 712 g/mol. The number of ketones is 5. The van der Waals surface area contributed by atoms with Gasteiger partial charge in [0.25, 0.3) is 0 Å². The Balaban J connectivity index is 1.74. The van der Waals surface area contributed by atoms with Crippen molar-refractivity contribution in [3.8, 4) is 0 Å². The molecule has 6 aliphatic rings. The molecule has 1 saturated heterocycles. The van der Waals surface area contributed by atoms with Crippen LogP contribution >= 0.6 is 0 Å². The van der Waals surface area contributed by atoms with Gasteiger partial charge in [-0.3, -0.25) is 24.0 Å². The van der Waals surface area contributed by atoms with Crippen molar-refractivity contribution in [2.75, 3.05) is 0 Å². The van der Waals surface area contributed by atoms with Crippen LogP contribution in [0.15, 0.2) is 106 Å². The van der Waals surface area contributed by atoms with Crippen molar-refractivity contribution in [1.29, 1.82) is 0 Å². The highest BCUT2D eigenvalue weighted by molar-refractivity contribution is 6.29. The van der Waals surface area contributed by atoms with Crippen LogP contribution in [0, 0.1) is 34.5 Å². The van der Waals surface area contributed by atoms with E-state index < -0.39 is 120 Å². The van der Waals surface area contributed by atoms with Crippen molar-refractivity contribution in [3.63, 3.8) is 0 Å². The lowest BCUT2D eigenvalue weighted by Crippen LogP contribution is -2.72. The molecule has 7 N–H and O–H groups in total. The minimum atomic E-state index is -3.17. The summed E-state index contributed by atoms with van der Waals surface area (Å²) in [5, 5.41) is 80.8. The lowest BCUT2D eigenvalue weighted by atomic mass is 9.44. The van der Waals surface area contributed by atoms with Gasteiger partial charge >= 0.3 is 0 Å². The number of fused-ring (bicyclic) bond motifs is 6. The van der Waals surface area contributed by atoms with Gasteiger partial charge in [0.1, 0.15) is 39.8 Å². The molecule has 10 atom stereocenters. The van der Waals surface area contributed by atoms with Gasteiger partial charge < -0.3 is 40.5 Å². The summed E-state index contributed by atoms with van der Waals surface area (Å²) < 4.78 is 5.94. The smallest absolute Gasteiger partial charge is 0.217 e. The fraction of sp³-hybridized carbons (Fsp3) is 0.452. The number of hydrogen-bond acceptors (Lipinski definition) is 13. The van der Waals surface area contributed by atoms with Crippen LogP contribution in [-0.4, -0.2) is 87.3 Å². The molecule has 0 unspecified atom stereocenters. The Morgan fingerprint density at radius 1 is 0.709 bits per heavy atom. The number of Topliss-reactive ketones (excluding diaryl/α,β-unsaturated/α-hetero) is 5. The molecule has 0 aromatic heterocycles. The predicted octanol–water partition coefficient (Wildman–Crippen LogP) is 4.45. The normalized spacial score (nSPS) is 43.6. The van der Waals surface area contributed by atoms with Gasteiger partial charge in [0.05, 0.1) is 10.8 Å². The molecule has 13 nitrogen and oxygen atoms in total. The molecular formula is C42H48O13. The Morgan fingerprint density at radius 3 is 1.78 bits per heavy atom. The second-order valence-corrected chi connectivity index (χ2v) is 15.9. The Kier molecular flexibility index (Phi) is 9.80. The topological polar surface area (TPSA) is 236 Å². The van der Waals surface area contributed by atoms with Crippen molar-refractivity contribution in [2.45, 2.75) is 84.9 Å². The quantitative estimate of drug-likeness (QED) is 0.0652. The van der Waals surface area contributed by atoms with E-state index in [9.17, 15) is 59.7 Å². The van der Waals surface area contributed by atoms with Crippen LogP contribution in [0.5, 0.6) is 0 Å². The summed E-state index contributed by atoms with van der Waals surface area (Å²) >= 11 is 0. The number of hydrogen-bond donors (Lipinski definition) is 7. The standard InChI is InChI=1S/C42H48O13/c1-10-12-14-16-23(43)26-29-20(3)22(37(5,33(26)48)36(51)39(29,7)52)18-19-25(45)27-30(46)21(4)32(47)40(8)31(27)38(6)34(49)28(24(44)17-15-13-11-2)35(50)41(9,53)42(38,54)55-40/h10-20,22,29,31,43-46,52-54H,1-9H3/b12-10+,13-11+,16-14+,17-15+,19-18+,26-23-,27-25-,28-24+/t20-,22-,29+,31-,37-,38-,39+,40+,41+,42-/m1/s1. The molecule has 2 bridgehead atoms. The molecule has 13 heteroatoms. The van der Waals surface area contributed by atoms with Gasteiger partial charge in [-0.25, -0.2) is 0 Å². The predicted molar refractivity (Wildman–Crippen MR) is 198 cm³/mol. The minimum absolute atomic E-state index is 0.134. The van der Waals surface area contributed by atoms with Crippen LogP contribution in [0.2, 0.25) is 0 Å². The van der Waals surface area contributed by atoms with Gasteiger partial charge in [0, 0.05) is 34.5 Å². The molecule has 294 valence electrons. The van der Waals surface area contributed by atoms with E-state index in [4.69, 9.17) is 4.74 Å². The van der Waals surface area contributed by atoms with Crippen molar-refractivity contribution < 1.29 is 64.5 Å². The largest absolute Gasteiger partial charge is 0.508 e. The number of aliphatic hydroxyl groups is 7. The maximum Gasteiger partial charge on any atom is 0.217 e. The molecule has 4 saturated carbocycles. The first-order valence-corrected chi connectivity index (χ1v) is 17.9. The zero-order valence-corrected chi connectivity index (χ0v) is 32.2. The van der Waals surface area contributed by atoms with Crippen LogP contribution in [0.25, 0.3) is 0 Å². The fourth-order valence-electron chi connectivity index (χ4n) is 9.83. The monoisotopic (exact) mass is 760 g/mol. The Morgan fingerprint density at radius 2 is 1.24 bits per heavy atom. The van der Waals surface area contributed by atoms with Gasteiger partial charge in [0.15, 0.2) is 28.7 Å². The maximum absolute atomic E-state index is 14.5. The van der Waals surface area contributed by atoms with E-state index in [1.165, 1.54) is 58.1 Å². The molecule has 1 heterocycles. The van der Waals surface area contributed by atoms with E-state index in [2.05, 4.69) is 0 Å². The van der Waals surface area contributed by atoms with Crippen molar-refractivity contribution >= 4 is 28.9 Å². The van der Waals surface area contributed by atoms with Gasteiger partial charge in [-0.15, -0.1) is 0 Å².